The van der Waals surface area contributed by atoms with E-state index in [9.17, 15) is 13.2 Å². The van der Waals surface area contributed by atoms with Crippen molar-refractivity contribution >= 4 is 41.1 Å². The van der Waals surface area contributed by atoms with Crippen LogP contribution in [0.25, 0.3) is 0 Å². The fourth-order valence-electron chi connectivity index (χ4n) is 0.257. The molecule has 4 nitrogen and oxygen atoms in total. The van der Waals surface area contributed by atoms with Crippen LogP contribution in [0.3, 0.4) is 0 Å². The minimum absolute atomic E-state index is 0.172. The van der Waals surface area contributed by atoms with Crippen molar-refractivity contribution in [3.05, 3.63) is 0 Å². The Hall–Kier alpha value is 0.580. The third-order valence-electron chi connectivity index (χ3n) is 0.386. The molecule has 6 heteroatoms. The molecule has 8 heavy (non-hydrogen) atoms. The van der Waals surface area contributed by atoms with E-state index in [1.165, 1.54) is 0 Å². The molecule has 0 atom stereocenters. The van der Waals surface area contributed by atoms with Crippen molar-refractivity contribution in [3.63, 3.8) is 0 Å². The van der Waals surface area contributed by atoms with Crippen LogP contribution in [-0.2, 0) is 14.9 Å². The molecule has 0 saturated carbocycles. The first-order valence-electron chi connectivity index (χ1n) is 1.86. The first-order chi connectivity index (χ1) is 3.42. The predicted octanol–water partition coefficient (Wildman–Crippen LogP) is -1.43. The summed E-state index contributed by atoms with van der Waals surface area (Å²) in [5.41, 5.74) is 0. The fraction of sp³-hybridized carbons (Fsp3) is 0.500. The van der Waals surface area contributed by atoms with Crippen molar-refractivity contribution in [1.29, 1.82) is 0 Å². The van der Waals surface area contributed by atoms with Crippen molar-refractivity contribution in [1.82, 2.24) is 0 Å². The fourth-order valence-corrected chi connectivity index (χ4v) is 1.87. The quantitative estimate of drug-likeness (QED) is 0.383. The van der Waals surface area contributed by atoms with Gasteiger partial charge < -0.3 is 0 Å². The number of carbonyl (C=O) groups is 1. The van der Waals surface area contributed by atoms with E-state index in [0.29, 0.717) is 0 Å². The topological polar surface area (TPSA) is 71.4 Å². The van der Waals surface area contributed by atoms with E-state index < -0.39 is 18.9 Å². The normalized spacial score (nSPS) is 11.4. The van der Waals surface area contributed by atoms with Crippen LogP contribution >= 0.6 is 0 Å². The van der Waals surface area contributed by atoms with Gasteiger partial charge in [0.2, 0.25) is 0 Å². The van der Waals surface area contributed by atoms with Crippen molar-refractivity contribution in [2.24, 2.45) is 0 Å². The predicted molar refractivity (Wildman–Crippen MR) is 27.2 cm³/mol. The molecular formula is C2H3NaO4S. The summed E-state index contributed by atoms with van der Waals surface area (Å²) in [6, 6.07) is 0. The van der Waals surface area contributed by atoms with E-state index in [4.69, 9.17) is 4.55 Å². The van der Waals surface area contributed by atoms with Crippen LogP contribution in [0.4, 0.5) is 0 Å². The standard InChI is InChI=1S/C2H3O4S.Na/c3-1-2-7(4,5)6;/h2H2,(H,4,5,6);. The summed E-state index contributed by atoms with van der Waals surface area (Å²) < 4.78 is 27.1. The van der Waals surface area contributed by atoms with Gasteiger partial charge in [-0.05, 0) is 0 Å². The Labute approximate surface area is 64.4 Å². The van der Waals surface area contributed by atoms with Gasteiger partial charge in [-0.25, -0.2) is 0 Å². The van der Waals surface area contributed by atoms with Crippen LogP contribution in [0.15, 0.2) is 0 Å². The second-order valence-corrected chi connectivity index (χ2v) is 4.00. The Morgan fingerprint density at radius 1 is 1.62 bits per heavy atom. The monoisotopic (exact) mass is 146 g/mol. The molecule has 0 unspecified atom stereocenters. The molecule has 0 heterocycles. The van der Waals surface area contributed by atoms with Crippen LogP contribution in [0, 0.1) is 0 Å². The Bertz CT molecular complexity index is 180. The van der Waals surface area contributed by atoms with Crippen molar-refractivity contribution < 1.29 is 17.8 Å². The number of carbonyl (C=O) groups excluding carboxylic acids is 1. The van der Waals surface area contributed by atoms with Crippen molar-refractivity contribution in [3.8, 4) is 0 Å². The summed E-state index contributed by atoms with van der Waals surface area (Å²) in [5, 5.41) is 0. The molecule has 42 valence electrons. The Kier molecular flexibility index (Phi) is 3.14. The van der Waals surface area contributed by atoms with Crippen LogP contribution < -0.4 is 0 Å². The zero-order valence-corrected chi connectivity index (χ0v) is 7.10. The van der Waals surface area contributed by atoms with Gasteiger partial charge in [-0.2, -0.15) is 0 Å². The summed E-state index contributed by atoms with van der Waals surface area (Å²) in [6.45, 7) is 0. The first-order valence-corrected chi connectivity index (χ1v) is 4.47. The Balaban J connectivity index is 3.95. The van der Waals surface area contributed by atoms with Crippen LogP contribution in [0.5, 0.6) is 0 Å². The van der Waals surface area contributed by atoms with Gasteiger partial charge in [0, 0.05) is 0 Å². The number of hydrogen-bond donors (Lipinski definition) is 1. The molecule has 0 amide bonds. The van der Waals surface area contributed by atoms with E-state index in [1.54, 1.807) is 0 Å². The second kappa shape index (κ2) is 2.93. The molecule has 1 N–H and O–H groups in total. The molecule has 0 bridgehead atoms. The van der Waals surface area contributed by atoms with Gasteiger partial charge in [0.05, 0.1) is 0 Å². The molecule has 0 aliphatic carbocycles. The van der Waals surface area contributed by atoms with Gasteiger partial charge in [0.25, 0.3) is 0 Å². The van der Waals surface area contributed by atoms with E-state index >= 15 is 0 Å². The third kappa shape index (κ3) is 6.58. The maximum absolute atomic E-state index is 9.98. The third-order valence-corrected chi connectivity index (χ3v) is 2.02. The molecule has 0 saturated heterocycles. The number of hydrogen-bond acceptors (Lipinski definition) is 3. The SMILES string of the molecule is O=[C]([Na])CS(=O)(=O)O. The first kappa shape index (κ1) is 8.58. The van der Waals surface area contributed by atoms with E-state index in [-0.39, 0.29) is 27.9 Å². The van der Waals surface area contributed by atoms with Gasteiger partial charge in [-0.3, -0.25) is 0 Å². The Morgan fingerprint density at radius 2 is 2.00 bits per heavy atom. The summed E-state index contributed by atoms with van der Waals surface area (Å²) in [6.07, 6.45) is 0. The maximum atomic E-state index is 9.98. The molecule has 0 radical (unpaired) electrons. The van der Waals surface area contributed by atoms with Gasteiger partial charge in [0.1, 0.15) is 0 Å². The van der Waals surface area contributed by atoms with Crippen molar-refractivity contribution in [2.45, 2.75) is 0 Å². The van der Waals surface area contributed by atoms with E-state index in [2.05, 4.69) is 0 Å². The molecular weight excluding hydrogens is 143 g/mol. The van der Waals surface area contributed by atoms with Crippen LogP contribution in [0.1, 0.15) is 0 Å². The summed E-state index contributed by atoms with van der Waals surface area (Å²) >= 11 is 0.172. The molecule has 0 aromatic carbocycles. The van der Waals surface area contributed by atoms with Crippen LogP contribution in [-0.4, -0.2) is 49.7 Å². The molecule has 0 spiro atoms. The van der Waals surface area contributed by atoms with Gasteiger partial charge in [0.15, 0.2) is 0 Å². The zero-order chi connectivity index (χ0) is 6.78. The van der Waals surface area contributed by atoms with Gasteiger partial charge in [-0.15, -0.1) is 0 Å². The van der Waals surface area contributed by atoms with E-state index in [1.807, 2.05) is 0 Å². The van der Waals surface area contributed by atoms with Crippen molar-refractivity contribution in [2.75, 3.05) is 5.75 Å². The summed E-state index contributed by atoms with van der Waals surface area (Å²) in [5.74, 6) is -0.723. The average Bonchev–Trinajstić information content (AvgIpc) is 1.21. The molecule has 0 aromatic heterocycles. The van der Waals surface area contributed by atoms with E-state index in [0.717, 1.165) is 0 Å². The van der Waals surface area contributed by atoms with Gasteiger partial charge in [-0.1, -0.05) is 0 Å². The summed E-state index contributed by atoms with van der Waals surface area (Å²) in [4.78, 5) is 9.98. The molecule has 0 aliphatic heterocycles. The molecule has 0 fully saturated rings. The molecule has 0 aliphatic rings. The van der Waals surface area contributed by atoms with Crippen LogP contribution in [0.2, 0.25) is 0 Å². The second-order valence-electron chi connectivity index (χ2n) is 1.43. The Morgan fingerprint density at radius 3 is 2.00 bits per heavy atom. The number of rotatable bonds is 2. The average molecular weight is 146 g/mol. The molecule has 0 rings (SSSR count). The molecule has 0 aromatic rings. The van der Waals surface area contributed by atoms with Gasteiger partial charge >= 0.3 is 64.6 Å². The zero-order valence-electron chi connectivity index (χ0n) is 4.29. The minimum atomic E-state index is -4.04. The summed E-state index contributed by atoms with van der Waals surface area (Å²) in [7, 11) is -4.04.